The lowest BCUT2D eigenvalue weighted by molar-refractivity contribution is 0.242. The fourth-order valence-corrected chi connectivity index (χ4v) is 2.54. The number of nitrogens with zero attached hydrogens (tertiary/aromatic N) is 1. The summed E-state index contributed by atoms with van der Waals surface area (Å²) in [6.45, 7) is 6.19. The van der Waals surface area contributed by atoms with Crippen LogP contribution in [0.25, 0.3) is 0 Å². The molecule has 0 aromatic heterocycles. The van der Waals surface area contributed by atoms with Crippen molar-refractivity contribution in [1.82, 2.24) is 4.90 Å². The van der Waals surface area contributed by atoms with Gasteiger partial charge >= 0.3 is 0 Å². The first-order valence-electron chi connectivity index (χ1n) is 7.06. The number of nitrogen functional groups attached to an aromatic ring is 1. The topological polar surface area (TPSA) is 50.5 Å². The van der Waals surface area contributed by atoms with Gasteiger partial charge in [-0.05, 0) is 46.3 Å². The Morgan fingerprint density at radius 3 is 2.84 bits per heavy atom. The minimum atomic E-state index is 0.163. The molecule has 2 rings (SSSR count). The maximum absolute atomic E-state index is 5.92. The van der Waals surface area contributed by atoms with Crippen molar-refractivity contribution >= 4 is 11.4 Å². The zero-order valence-electron chi connectivity index (χ0n) is 12.1. The molecular formula is C15H25N3O. The molecule has 1 unspecified atom stereocenters. The maximum atomic E-state index is 5.92. The molecule has 0 saturated carbocycles. The third-order valence-corrected chi connectivity index (χ3v) is 3.51. The Morgan fingerprint density at radius 1 is 1.42 bits per heavy atom. The summed E-state index contributed by atoms with van der Waals surface area (Å²) >= 11 is 0. The standard InChI is InChI=1S/C15H25N3O/c1-11(2)19-15-8-12(16)7-13(9-15)17-10-14-5-4-6-18(14)3/h7-9,11,14,17H,4-6,10,16H2,1-3H3. The Kier molecular flexibility index (Phi) is 4.53. The number of nitrogens with two attached hydrogens (primary N) is 1. The SMILES string of the molecule is CC(C)Oc1cc(N)cc(NCC2CCCN2C)c1. The smallest absolute Gasteiger partial charge is 0.123 e. The highest BCUT2D eigenvalue weighted by atomic mass is 16.5. The zero-order valence-corrected chi connectivity index (χ0v) is 12.1. The third kappa shape index (κ3) is 4.03. The summed E-state index contributed by atoms with van der Waals surface area (Å²) in [6.07, 6.45) is 2.72. The minimum Gasteiger partial charge on any atom is -0.491 e. The molecule has 1 fully saturated rings. The van der Waals surface area contributed by atoms with Crippen LogP contribution in [0.4, 0.5) is 11.4 Å². The Morgan fingerprint density at radius 2 is 2.21 bits per heavy atom. The van der Waals surface area contributed by atoms with E-state index in [2.05, 4.69) is 17.3 Å². The number of anilines is 2. The van der Waals surface area contributed by atoms with Crippen LogP contribution in [0.5, 0.6) is 5.75 Å². The van der Waals surface area contributed by atoms with Gasteiger partial charge in [-0.2, -0.15) is 0 Å². The lowest BCUT2D eigenvalue weighted by atomic mass is 10.2. The quantitative estimate of drug-likeness (QED) is 0.802. The van der Waals surface area contributed by atoms with Gasteiger partial charge in [0, 0.05) is 36.1 Å². The summed E-state index contributed by atoms with van der Waals surface area (Å²) in [7, 11) is 2.19. The monoisotopic (exact) mass is 263 g/mol. The van der Waals surface area contributed by atoms with E-state index in [1.807, 2.05) is 32.0 Å². The van der Waals surface area contributed by atoms with E-state index in [0.29, 0.717) is 6.04 Å². The highest BCUT2D eigenvalue weighted by Crippen LogP contribution is 2.24. The first-order chi connectivity index (χ1) is 9.04. The van der Waals surface area contributed by atoms with Crippen LogP contribution in [0.3, 0.4) is 0 Å². The van der Waals surface area contributed by atoms with Crippen molar-refractivity contribution in [2.75, 3.05) is 31.2 Å². The van der Waals surface area contributed by atoms with Crippen LogP contribution < -0.4 is 15.8 Å². The molecule has 3 N–H and O–H groups in total. The molecule has 4 nitrogen and oxygen atoms in total. The second-order valence-electron chi connectivity index (χ2n) is 5.61. The molecule has 0 bridgehead atoms. The highest BCUT2D eigenvalue weighted by Gasteiger charge is 2.20. The second-order valence-corrected chi connectivity index (χ2v) is 5.61. The molecular weight excluding hydrogens is 238 g/mol. The van der Waals surface area contributed by atoms with Gasteiger partial charge in [-0.3, -0.25) is 0 Å². The van der Waals surface area contributed by atoms with Crippen LogP contribution in [-0.4, -0.2) is 37.2 Å². The van der Waals surface area contributed by atoms with Gasteiger partial charge in [0.1, 0.15) is 5.75 Å². The summed E-state index contributed by atoms with van der Waals surface area (Å²) < 4.78 is 5.70. The molecule has 1 aliphatic rings. The van der Waals surface area contributed by atoms with Crippen molar-refractivity contribution < 1.29 is 4.74 Å². The number of nitrogens with one attached hydrogen (secondary N) is 1. The van der Waals surface area contributed by atoms with Crippen LogP contribution in [0.2, 0.25) is 0 Å². The second kappa shape index (κ2) is 6.15. The molecule has 0 radical (unpaired) electrons. The summed E-state index contributed by atoms with van der Waals surface area (Å²) in [5.74, 6) is 0.831. The van der Waals surface area contributed by atoms with Crippen LogP contribution >= 0.6 is 0 Å². The normalized spacial score (nSPS) is 19.9. The summed E-state index contributed by atoms with van der Waals surface area (Å²) in [4.78, 5) is 2.41. The van der Waals surface area contributed by atoms with Crippen molar-refractivity contribution in [3.05, 3.63) is 18.2 Å². The number of likely N-dealkylation sites (N-methyl/N-ethyl adjacent to an activating group) is 1. The predicted octanol–water partition coefficient (Wildman–Crippen LogP) is 2.56. The fourth-order valence-electron chi connectivity index (χ4n) is 2.54. The van der Waals surface area contributed by atoms with Crippen LogP contribution in [0.15, 0.2) is 18.2 Å². The van der Waals surface area contributed by atoms with Crippen LogP contribution in [0, 0.1) is 0 Å². The van der Waals surface area contributed by atoms with Gasteiger partial charge in [-0.25, -0.2) is 0 Å². The van der Waals surface area contributed by atoms with Gasteiger partial charge in [-0.1, -0.05) is 0 Å². The van der Waals surface area contributed by atoms with E-state index in [0.717, 1.165) is 23.7 Å². The van der Waals surface area contributed by atoms with E-state index in [4.69, 9.17) is 10.5 Å². The van der Waals surface area contributed by atoms with Crippen LogP contribution in [0.1, 0.15) is 26.7 Å². The number of ether oxygens (including phenoxy) is 1. The summed E-state index contributed by atoms with van der Waals surface area (Å²) in [6, 6.07) is 6.47. The summed E-state index contributed by atoms with van der Waals surface area (Å²) in [5, 5.41) is 3.47. The number of benzene rings is 1. The Bertz CT molecular complexity index is 420. The van der Waals surface area contributed by atoms with Gasteiger partial charge in [0.05, 0.1) is 6.10 Å². The molecule has 0 amide bonds. The minimum absolute atomic E-state index is 0.163. The van der Waals surface area contributed by atoms with Crippen molar-refractivity contribution in [2.24, 2.45) is 0 Å². The maximum Gasteiger partial charge on any atom is 0.123 e. The van der Waals surface area contributed by atoms with Crippen molar-refractivity contribution in [3.63, 3.8) is 0 Å². The van der Waals surface area contributed by atoms with Gasteiger partial charge in [0.25, 0.3) is 0 Å². The average Bonchev–Trinajstić information content (AvgIpc) is 2.70. The number of likely N-dealkylation sites (tertiary alicyclic amines) is 1. The van der Waals surface area contributed by atoms with E-state index in [1.54, 1.807) is 0 Å². The largest absolute Gasteiger partial charge is 0.491 e. The summed E-state index contributed by atoms with van der Waals surface area (Å²) in [5.41, 5.74) is 7.69. The van der Waals surface area contributed by atoms with E-state index >= 15 is 0 Å². The molecule has 1 heterocycles. The van der Waals surface area contributed by atoms with E-state index in [1.165, 1.54) is 19.4 Å². The molecule has 19 heavy (non-hydrogen) atoms. The first kappa shape index (κ1) is 14.0. The molecule has 1 aromatic carbocycles. The molecule has 1 atom stereocenters. The molecule has 1 saturated heterocycles. The van der Waals surface area contributed by atoms with Crippen molar-refractivity contribution in [3.8, 4) is 5.75 Å². The Labute approximate surface area is 115 Å². The number of hydrogen-bond acceptors (Lipinski definition) is 4. The van der Waals surface area contributed by atoms with Gasteiger partial charge in [-0.15, -0.1) is 0 Å². The van der Waals surface area contributed by atoms with Crippen molar-refractivity contribution in [1.29, 1.82) is 0 Å². The Balaban J connectivity index is 1.97. The number of rotatable bonds is 5. The van der Waals surface area contributed by atoms with Gasteiger partial charge < -0.3 is 20.7 Å². The molecule has 1 aliphatic heterocycles. The molecule has 106 valence electrons. The molecule has 4 heteroatoms. The molecule has 1 aromatic rings. The van der Waals surface area contributed by atoms with Crippen molar-refractivity contribution in [2.45, 2.75) is 38.8 Å². The number of hydrogen-bond donors (Lipinski definition) is 2. The fraction of sp³-hybridized carbons (Fsp3) is 0.600. The lowest BCUT2D eigenvalue weighted by Gasteiger charge is -2.21. The zero-order chi connectivity index (χ0) is 13.8. The van der Waals surface area contributed by atoms with Crippen LogP contribution in [-0.2, 0) is 0 Å². The van der Waals surface area contributed by atoms with Gasteiger partial charge in [0.15, 0.2) is 0 Å². The first-order valence-corrected chi connectivity index (χ1v) is 7.06. The van der Waals surface area contributed by atoms with Gasteiger partial charge in [0.2, 0.25) is 0 Å². The van der Waals surface area contributed by atoms with E-state index < -0.39 is 0 Å². The lowest BCUT2D eigenvalue weighted by Crippen LogP contribution is -2.31. The van der Waals surface area contributed by atoms with E-state index in [-0.39, 0.29) is 6.10 Å². The Hall–Kier alpha value is -1.42. The predicted molar refractivity (Wildman–Crippen MR) is 80.8 cm³/mol. The average molecular weight is 263 g/mol. The third-order valence-electron chi connectivity index (χ3n) is 3.51. The molecule has 0 spiro atoms. The molecule has 0 aliphatic carbocycles. The van der Waals surface area contributed by atoms with E-state index in [9.17, 15) is 0 Å². The highest BCUT2D eigenvalue weighted by molar-refractivity contribution is 5.59.